The van der Waals surface area contributed by atoms with Crippen LogP contribution in [0.4, 0.5) is 0 Å². The normalized spacial score (nSPS) is 19.0. The minimum absolute atomic E-state index is 0.116. The number of rotatable bonds is 13. The molecule has 0 amide bonds. The molecular weight excluding hydrogens is 312 g/mol. The fraction of sp³-hybridized carbons (Fsp3) is 0.682. The number of methoxy groups -OCH3 is 1. The number of aryl methyl sites for hydroxylation is 1. The fourth-order valence-electron chi connectivity index (χ4n) is 3.36. The van der Waals surface area contributed by atoms with Crippen molar-refractivity contribution in [1.29, 1.82) is 0 Å². The number of carbonyl (C=O) groups is 1. The van der Waals surface area contributed by atoms with Gasteiger partial charge in [0, 0.05) is 6.42 Å². The summed E-state index contributed by atoms with van der Waals surface area (Å²) in [6.07, 6.45) is 13.3. The van der Waals surface area contributed by atoms with Gasteiger partial charge in [0.05, 0.1) is 13.2 Å². The molecule has 25 heavy (non-hydrogen) atoms. The molecule has 2 rings (SSSR count). The van der Waals surface area contributed by atoms with Crippen LogP contribution in [-0.4, -0.2) is 19.2 Å². The van der Waals surface area contributed by atoms with Crippen LogP contribution in [-0.2, 0) is 20.7 Å². The summed E-state index contributed by atoms with van der Waals surface area (Å²) < 4.78 is 10.5. The van der Waals surface area contributed by atoms with Crippen molar-refractivity contribution in [3.63, 3.8) is 0 Å². The summed E-state index contributed by atoms with van der Waals surface area (Å²) in [6.45, 7) is 2.26. The summed E-state index contributed by atoms with van der Waals surface area (Å²) in [4.78, 5) is 11.1. The molecule has 1 aromatic carbocycles. The van der Waals surface area contributed by atoms with Crippen LogP contribution in [0.3, 0.4) is 0 Å². The molecule has 3 heteroatoms. The first-order valence-electron chi connectivity index (χ1n) is 10.1. The molecule has 0 bridgehead atoms. The van der Waals surface area contributed by atoms with Crippen LogP contribution in [0.5, 0.6) is 0 Å². The number of carbonyl (C=O) groups excluding carboxylic acids is 1. The maximum absolute atomic E-state index is 11.1. The SMILES string of the molecule is CCCCCCCCc1ccc(C2OC2CCCCC(=O)OC)cc1. The Bertz CT molecular complexity index is 494. The Kier molecular flexibility index (Phi) is 9.03. The van der Waals surface area contributed by atoms with E-state index in [0.29, 0.717) is 12.5 Å². The van der Waals surface area contributed by atoms with Gasteiger partial charge in [-0.25, -0.2) is 0 Å². The smallest absolute Gasteiger partial charge is 0.305 e. The Labute approximate surface area is 153 Å². The molecule has 2 unspecified atom stereocenters. The zero-order valence-corrected chi connectivity index (χ0v) is 16.0. The molecule has 3 nitrogen and oxygen atoms in total. The van der Waals surface area contributed by atoms with Crippen LogP contribution in [0, 0.1) is 0 Å². The third kappa shape index (κ3) is 7.60. The van der Waals surface area contributed by atoms with Gasteiger partial charge in [-0.15, -0.1) is 0 Å². The quantitative estimate of drug-likeness (QED) is 0.259. The second kappa shape index (κ2) is 11.3. The number of benzene rings is 1. The zero-order chi connectivity index (χ0) is 17.9. The Hall–Kier alpha value is -1.35. The van der Waals surface area contributed by atoms with E-state index in [9.17, 15) is 4.79 Å². The van der Waals surface area contributed by atoms with E-state index >= 15 is 0 Å². The highest BCUT2D eigenvalue weighted by molar-refractivity contribution is 5.68. The van der Waals surface area contributed by atoms with E-state index < -0.39 is 0 Å². The van der Waals surface area contributed by atoms with Crippen LogP contribution in [0.25, 0.3) is 0 Å². The van der Waals surface area contributed by atoms with Crippen molar-refractivity contribution in [2.24, 2.45) is 0 Å². The Morgan fingerprint density at radius 2 is 1.72 bits per heavy atom. The molecule has 0 radical (unpaired) electrons. The van der Waals surface area contributed by atoms with Crippen molar-refractivity contribution in [1.82, 2.24) is 0 Å². The minimum Gasteiger partial charge on any atom is -0.469 e. The molecule has 1 aliphatic rings. The van der Waals surface area contributed by atoms with Crippen LogP contribution in [0.1, 0.15) is 88.4 Å². The van der Waals surface area contributed by atoms with Crippen molar-refractivity contribution in [2.45, 2.75) is 89.8 Å². The largest absolute Gasteiger partial charge is 0.469 e. The third-order valence-corrected chi connectivity index (χ3v) is 5.06. The second-order valence-corrected chi connectivity index (χ2v) is 7.18. The standard InChI is InChI=1S/C22H34O3/c1-3-4-5-6-7-8-11-18-14-16-19(17-15-18)22-20(25-22)12-9-10-13-21(23)24-2/h14-17,20,22H,3-13H2,1-2H3. The van der Waals surface area contributed by atoms with Gasteiger partial charge in [-0.3, -0.25) is 4.79 Å². The summed E-state index contributed by atoms with van der Waals surface area (Å²) in [5.74, 6) is -0.116. The monoisotopic (exact) mass is 346 g/mol. The van der Waals surface area contributed by atoms with Crippen molar-refractivity contribution in [3.05, 3.63) is 35.4 Å². The molecule has 2 atom stereocenters. The second-order valence-electron chi connectivity index (χ2n) is 7.18. The summed E-state index contributed by atoms with van der Waals surface area (Å²) in [5, 5.41) is 0. The lowest BCUT2D eigenvalue weighted by Gasteiger charge is -2.03. The maximum atomic E-state index is 11.1. The number of unbranched alkanes of at least 4 members (excludes halogenated alkanes) is 6. The highest BCUT2D eigenvalue weighted by Crippen LogP contribution is 2.41. The molecule has 1 saturated heterocycles. The number of ether oxygens (including phenoxy) is 2. The molecule has 0 aliphatic carbocycles. The van der Waals surface area contributed by atoms with Gasteiger partial charge in [-0.2, -0.15) is 0 Å². The summed E-state index contributed by atoms with van der Waals surface area (Å²) in [6, 6.07) is 8.98. The van der Waals surface area contributed by atoms with Crippen molar-refractivity contribution in [2.75, 3.05) is 7.11 Å². The molecule has 140 valence electrons. The Morgan fingerprint density at radius 1 is 1.00 bits per heavy atom. The van der Waals surface area contributed by atoms with Gasteiger partial charge in [0.1, 0.15) is 6.10 Å². The van der Waals surface area contributed by atoms with E-state index in [2.05, 4.69) is 35.9 Å². The van der Waals surface area contributed by atoms with E-state index in [1.807, 2.05) is 0 Å². The lowest BCUT2D eigenvalue weighted by molar-refractivity contribution is -0.140. The lowest BCUT2D eigenvalue weighted by atomic mass is 10.0. The average molecular weight is 347 g/mol. The average Bonchev–Trinajstić information content (AvgIpc) is 3.41. The van der Waals surface area contributed by atoms with Crippen molar-refractivity contribution >= 4 is 5.97 Å². The summed E-state index contributed by atoms with van der Waals surface area (Å²) in [5.41, 5.74) is 2.74. The van der Waals surface area contributed by atoms with E-state index in [0.717, 1.165) is 19.3 Å². The first kappa shape index (κ1) is 20.0. The van der Waals surface area contributed by atoms with E-state index in [1.165, 1.54) is 63.2 Å². The Morgan fingerprint density at radius 3 is 2.44 bits per heavy atom. The van der Waals surface area contributed by atoms with Crippen LogP contribution in [0.15, 0.2) is 24.3 Å². The van der Waals surface area contributed by atoms with Crippen LogP contribution in [0.2, 0.25) is 0 Å². The molecular formula is C22H34O3. The van der Waals surface area contributed by atoms with E-state index in [4.69, 9.17) is 4.74 Å². The molecule has 1 aliphatic heterocycles. The lowest BCUT2D eigenvalue weighted by Crippen LogP contribution is -2.00. The highest BCUT2D eigenvalue weighted by Gasteiger charge is 2.39. The van der Waals surface area contributed by atoms with Gasteiger partial charge >= 0.3 is 5.97 Å². The first-order chi connectivity index (χ1) is 12.2. The third-order valence-electron chi connectivity index (χ3n) is 5.06. The van der Waals surface area contributed by atoms with Gasteiger partial charge < -0.3 is 9.47 Å². The zero-order valence-electron chi connectivity index (χ0n) is 16.0. The number of epoxide rings is 1. The molecule has 0 saturated carbocycles. The molecule has 0 N–H and O–H groups in total. The minimum atomic E-state index is -0.116. The van der Waals surface area contributed by atoms with Crippen LogP contribution >= 0.6 is 0 Å². The molecule has 1 aromatic rings. The van der Waals surface area contributed by atoms with Gasteiger partial charge in [0.15, 0.2) is 0 Å². The summed E-state index contributed by atoms with van der Waals surface area (Å²) in [7, 11) is 1.44. The number of hydrogen-bond donors (Lipinski definition) is 0. The van der Waals surface area contributed by atoms with E-state index in [1.54, 1.807) is 0 Å². The van der Waals surface area contributed by atoms with Gasteiger partial charge in [0.25, 0.3) is 0 Å². The Balaban J connectivity index is 1.58. The predicted molar refractivity (Wildman–Crippen MR) is 102 cm³/mol. The first-order valence-corrected chi connectivity index (χ1v) is 10.1. The fourth-order valence-corrected chi connectivity index (χ4v) is 3.36. The van der Waals surface area contributed by atoms with Crippen molar-refractivity contribution < 1.29 is 14.3 Å². The van der Waals surface area contributed by atoms with E-state index in [-0.39, 0.29) is 12.1 Å². The van der Waals surface area contributed by atoms with Crippen LogP contribution < -0.4 is 0 Å². The molecule has 1 fully saturated rings. The predicted octanol–water partition coefficient (Wildman–Crippen LogP) is 5.76. The molecule has 0 aromatic heterocycles. The number of esters is 1. The number of hydrogen-bond acceptors (Lipinski definition) is 3. The van der Waals surface area contributed by atoms with Crippen molar-refractivity contribution in [3.8, 4) is 0 Å². The topological polar surface area (TPSA) is 38.8 Å². The van der Waals surface area contributed by atoms with Gasteiger partial charge in [-0.1, -0.05) is 69.7 Å². The van der Waals surface area contributed by atoms with Gasteiger partial charge in [-0.05, 0) is 36.8 Å². The molecule has 0 spiro atoms. The summed E-state index contributed by atoms with van der Waals surface area (Å²) >= 11 is 0. The molecule has 1 heterocycles. The van der Waals surface area contributed by atoms with Gasteiger partial charge in [0.2, 0.25) is 0 Å². The highest BCUT2D eigenvalue weighted by atomic mass is 16.6. The maximum Gasteiger partial charge on any atom is 0.305 e.